The van der Waals surface area contributed by atoms with E-state index in [9.17, 15) is 4.79 Å². The molecule has 15 heavy (non-hydrogen) atoms. The highest BCUT2D eigenvalue weighted by molar-refractivity contribution is 5.70. The summed E-state index contributed by atoms with van der Waals surface area (Å²) in [6, 6.07) is 5.90. The lowest BCUT2D eigenvalue weighted by Gasteiger charge is -2.20. The van der Waals surface area contributed by atoms with Gasteiger partial charge in [-0.05, 0) is 23.8 Å². The number of carbonyl (C=O) groups is 1. The average Bonchev–Trinajstić information content (AvgIpc) is 2.39. The number of aldehydes is 1. The van der Waals surface area contributed by atoms with Crippen LogP contribution in [0.1, 0.15) is 19.4 Å². The molecule has 1 aliphatic rings. The molecule has 0 atom stereocenters. The van der Waals surface area contributed by atoms with Crippen LogP contribution < -0.4 is 10.6 Å². The van der Waals surface area contributed by atoms with Crippen LogP contribution in [0, 0.1) is 0 Å². The number of benzene rings is 1. The highest BCUT2D eigenvalue weighted by Gasteiger charge is 2.34. The van der Waals surface area contributed by atoms with Crippen LogP contribution in [0.3, 0.4) is 0 Å². The summed E-state index contributed by atoms with van der Waals surface area (Å²) in [5, 5.41) is 0. The number of fused-ring (bicyclic) bond motifs is 1. The molecule has 0 saturated carbocycles. The number of hydrogen-bond donors (Lipinski definition) is 1. The van der Waals surface area contributed by atoms with Crippen molar-refractivity contribution in [1.82, 2.24) is 0 Å². The first kappa shape index (κ1) is 10.0. The average molecular weight is 204 g/mol. The Bertz CT molecular complexity index is 399. The van der Waals surface area contributed by atoms with Crippen LogP contribution in [0.5, 0.6) is 0 Å². The lowest BCUT2D eigenvalue weighted by molar-refractivity contribution is -0.106. The Morgan fingerprint density at radius 3 is 2.93 bits per heavy atom. The number of anilines is 2. The molecule has 2 N–H and O–H groups in total. The Balaban J connectivity index is 2.47. The van der Waals surface area contributed by atoms with Crippen LogP contribution in [0.15, 0.2) is 18.2 Å². The molecule has 1 heterocycles. The summed E-state index contributed by atoms with van der Waals surface area (Å²) in [6.45, 7) is 5.69. The summed E-state index contributed by atoms with van der Waals surface area (Å²) in [5.74, 6) is 0. The fourth-order valence-corrected chi connectivity index (χ4v) is 2.27. The van der Waals surface area contributed by atoms with Crippen LogP contribution in [0.2, 0.25) is 0 Å². The third kappa shape index (κ3) is 1.58. The molecule has 80 valence electrons. The standard InChI is InChI=1S/C12H16N2O/c1-12(2)8-14(5-6-15)11-4-3-9(13)7-10(11)12/h3-4,6-7H,5,8,13H2,1-2H3. The number of carbonyl (C=O) groups excluding carboxylic acids is 1. The van der Waals surface area contributed by atoms with Crippen molar-refractivity contribution in [2.75, 3.05) is 23.7 Å². The maximum atomic E-state index is 10.6. The molecular weight excluding hydrogens is 188 g/mol. The fraction of sp³-hybridized carbons (Fsp3) is 0.417. The molecule has 0 aliphatic carbocycles. The number of nitrogen functional groups attached to an aromatic ring is 1. The van der Waals surface area contributed by atoms with Crippen molar-refractivity contribution in [3.05, 3.63) is 23.8 Å². The summed E-state index contributed by atoms with van der Waals surface area (Å²) in [5.41, 5.74) is 9.03. The first-order valence-electron chi connectivity index (χ1n) is 5.13. The Morgan fingerprint density at radius 2 is 2.27 bits per heavy atom. The van der Waals surface area contributed by atoms with Crippen molar-refractivity contribution in [2.45, 2.75) is 19.3 Å². The maximum absolute atomic E-state index is 10.6. The fourth-order valence-electron chi connectivity index (χ4n) is 2.27. The molecule has 0 bridgehead atoms. The molecule has 2 rings (SSSR count). The van der Waals surface area contributed by atoms with Crippen LogP contribution in [0.25, 0.3) is 0 Å². The number of nitrogens with two attached hydrogens (primary N) is 1. The minimum absolute atomic E-state index is 0.0771. The molecule has 0 aromatic heterocycles. The summed E-state index contributed by atoms with van der Waals surface area (Å²) in [7, 11) is 0. The van der Waals surface area contributed by atoms with Crippen LogP contribution in [-0.2, 0) is 10.2 Å². The van der Waals surface area contributed by atoms with E-state index in [2.05, 4.69) is 18.7 Å². The van der Waals surface area contributed by atoms with Crippen LogP contribution in [-0.4, -0.2) is 19.4 Å². The van der Waals surface area contributed by atoms with Gasteiger partial charge in [0.2, 0.25) is 0 Å². The van der Waals surface area contributed by atoms with Crippen molar-refractivity contribution in [3.63, 3.8) is 0 Å². The molecule has 3 nitrogen and oxygen atoms in total. The van der Waals surface area contributed by atoms with Gasteiger partial charge in [-0.3, -0.25) is 0 Å². The molecular formula is C12H16N2O. The van der Waals surface area contributed by atoms with Crippen LogP contribution >= 0.6 is 0 Å². The third-order valence-electron chi connectivity index (χ3n) is 2.97. The largest absolute Gasteiger partial charge is 0.399 e. The highest BCUT2D eigenvalue weighted by Crippen LogP contribution is 2.40. The van der Waals surface area contributed by atoms with Gasteiger partial charge in [0.25, 0.3) is 0 Å². The van der Waals surface area contributed by atoms with Gasteiger partial charge in [-0.2, -0.15) is 0 Å². The van der Waals surface area contributed by atoms with Crippen LogP contribution in [0.4, 0.5) is 11.4 Å². The summed E-state index contributed by atoms with van der Waals surface area (Å²) >= 11 is 0. The van der Waals surface area contributed by atoms with Gasteiger partial charge in [-0.1, -0.05) is 13.8 Å². The highest BCUT2D eigenvalue weighted by atomic mass is 16.1. The number of nitrogens with zero attached hydrogens (tertiary/aromatic N) is 1. The molecule has 0 amide bonds. The Labute approximate surface area is 89.9 Å². The predicted octanol–water partition coefficient (Wildman–Crippen LogP) is 1.57. The molecule has 1 aliphatic heterocycles. The van der Waals surface area contributed by atoms with Gasteiger partial charge in [-0.25, -0.2) is 0 Å². The Kier molecular flexibility index (Phi) is 2.18. The third-order valence-corrected chi connectivity index (χ3v) is 2.97. The van der Waals surface area contributed by atoms with Gasteiger partial charge in [0.1, 0.15) is 6.29 Å². The maximum Gasteiger partial charge on any atom is 0.139 e. The monoisotopic (exact) mass is 204 g/mol. The van der Waals surface area contributed by atoms with Gasteiger partial charge in [-0.15, -0.1) is 0 Å². The molecule has 0 spiro atoms. The predicted molar refractivity (Wildman–Crippen MR) is 62.2 cm³/mol. The van der Waals surface area contributed by atoms with Gasteiger partial charge >= 0.3 is 0 Å². The van der Waals surface area contributed by atoms with Gasteiger partial charge < -0.3 is 15.4 Å². The Hall–Kier alpha value is -1.51. The second kappa shape index (κ2) is 3.26. The zero-order chi connectivity index (χ0) is 11.1. The minimum atomic E-state index is 0.0771. The van der Waals surface area contributed by atoms with Gasteiger partial charge in [0.05, 0.1) is 6.54 Å². The number of rotatable bonds is 2. The molecule has 0 saturated heterocycles. The Morgan fingerprint density at radius 1 is 1.53 bits per heavy atom. The zero-order valence-electron chi connectivity index (χ0n) is 9.16. The van der Waals surface area contributed by atoms with Crippen molar-refractivity contribution in [2.24, 2.45) is 0 Å². The first-order chi connectivity index (χ1) is 7.04. The lowest BCUT2D eigenvalue weighted by atomic mass is 9.87. The second-order valence-electron chi connectivity index (χ2n) is 4.71. The normalized spacial score (nSPS) is 17.6. The van der Waals surface area contributed by atoms with E-state index in [0.717, 1.165) is 24.2 Å². The van der Waals surface area contributed by atoms with Gasteiger partial charge in [0.15, 0.2) is 0 Å². The van der Waals surface area contributed by atoms with E-state index >= 15 is 0 Å². The number of hydrogen-bond acceptors (Lipinski definition) is 3. The lowest BCUT2D eigenvalue weighted by Crippen LogP contribution is -2.29. The molecule has 3 heteroatoms. The molecule has 1 aromatic carbocycles. The van der Waals surface area contributed by atoms with E-state index in [4.69, 9.17) is 5.73 Å². The molecule has 1 aromatic rings. The van der Waals surface area contributed by atoms with E-state index < -0.39 is 0 Å². The zero-order valence-corrected chi connectivity index (χ0v) is 9.16. The quantitative estimate of drug-likeness (QED) is 0.587. The topological polar surface area (TPSA) is 46.3 Å². The minimum Gasteiger partial charge on any atom is -0.399 e. The summed E-state index contributed by atoms with van der Waals surface area (Å²) in [4.78, 5) is 12.7. The van der Waals surface area contributed by atoms with Gasteiger partial charge in [0, 0.05) is 23.3 Å². The smallest absolute Gasteiger partial charge is 0.139 e. The summed E-state index contributed by atoms with van der Waals surface area (Å²) < 4.78 is 0. The van der Waals surface area contributed by atoms with E-state index in [1.54, 1.807) is 0 Å². The van der Waals surface area contributed by atoms with Crippen molar-refractivity contribution in [1.29, 1.82) is 0 Å². The van der Waals surface area contributed by atoms with Crippen molar-refractivity contribution < 1.29 is 4.79 Å². The van der Waals surface area contributed by atoms with E-state index in [0.29, 0.717) is 6.54 Å². The first-order valence-corrected chi connectivity index (χ1v) is 5.13. The van der Waals surface area contributed by atoms with Crippen molar-refractivity contribution in [3.8, 4) is 0 Å². The van der Waals surface area contributed by atoms with E-state index in [1.807, 2.05) is 18.2 Å². The SMILES string of the molecule is CC1(C)CN(CC=O)c2ccc(N)cc21. The van der Waals surface area contributed by atoms with Crippen molar-refractivity contribution >= 4 is 17.7 Å². The molecule has 0 unspecified atom stereocenters. The molecule has 0 fully saturated rings. The second-order valence-corrected chi connectivity index (χ2v) is 4.71. The summed E-state index contributed by atoms with van der Waals surface area (Å²) in [6.07, 6.45) is 0.946. The van der Waals surface area contributed by atoms with E-state index in [-0.39, 0.29) is 5.41 Å². The van der Waals surface area contributed by atoms with E-state index in [1.165, 1.54) is 5.56 Å². The molecule has 0 radical (unpaired) electrons.